The van der Waals surface area contributed by atoms with Crippen LogP contribution in [0.25, 0.3) is 5.57 Å². The fourth-order valence-electron chi connectivity index (χ4n) is 1.25. The molecule has 0 fully saturated rings. The molecular weight excluding hydrogens is 178 g/mol. The smallest absolute Gasteiger partial charge is 0.126 e. The predicted molar refractivity (Wildman–Crippen MR) is 60.0 cm³/mol. The first-order valence-corrected chi connectivity index (χ1v) is 4.79. The Bertz CT molecular complexity index is 336. The molecule has 0 saturated carbocycles. The Morgan fingerprint density at radius 3 is 2.86 bits per heavy atom. The van der Waals surface area contributed by atoms with E-state index in [2.05, 4.69) is 6.58 Å². The van der Waals surface area contributed by atoms with E-state index in [1.54, 1.807) is 6.07 Å². The average molecular weight is 192 g/mol. The number of ether oxygens (including phenoxy) is 1. The zero-order chi connectivity index (χ0) is 10.6. The standard InChI is InChI=1S/C11H14BFO/c1-3-14-11-5-4-9(13)6-10(11)8(2)7-12/h4-6H,2-3,7,12H2,1H3. The zero-order valence-corrected chi connectivity index (χ0v) is 8.64. The van der Waals surface area contributed by atoms with Crippen LogP contribution in [0.4, 0.5) is 4.39 Å². The van der Waals surface area contributed by atoms with Crippen LogP contribution in [0.1, 0.15) is 12.5 Å². The van der Waals surface area contributed by atoms with Gasteiger partial charge in [0.2, 0.25) is 0 Å². The molecule has 0 aliphatic heterocycles. The molecule has 0 unspecified atom stereocenters. The lowest BCUT2D eigenvalue weighted by atomic mass is 9.92. The van der Waals surface area contributed by atoms with Gasteiger partial charge in [-0.2, -0.15) is 0 Å². The molecule has 0 aliphatic carbocycles. The van der Waals surface area contributed by atoms with Crippen molar-refractivity contribution in [2.24, 2.45) is 0 Å². The number of allylic oxidation sites excluding steroid dienone is 1. The summed E-state index contributed by atoms with van der Waals surface area (Å²) in [7, 11) is 1.99. The molecule has 74 valence electrons. The normalized spacial score (nSPS) is 9.86. The van der Waals surface area contributed by atoms with Gasteiger partial charge in [0, 0.05) is 5.56 Å². The summed E-state index contributed by atoms with van der Waals surface area (Å²) in [6.07, 6.45) is 0.795. The molecule has 3 heteroatoms. The minimum atomic E-state index is -0.252. The molecule has 0 bridgehead atoms. The third-order valence-electron chi connectivity index (χ3n) is 2.05. The molecule has 14 heavy (non-hydrogen) atoms. The quantitative estimate of drug-likeness (QED) is 0.665. The highest BCUT2D eigenvalue weighted by atomic mass is 19.1. The SMILES string of the molecule is BCC(=C)c1cc(F)ccc1OCC. The van der Waals surface area contributed by atoms with E-state index in [-0.39, 0.29) is 5.82 Å². The number of rotatable bonds is 4. The van der Waals surface area contributed by atoms with Gasteiger partial charge in [-0.15, -0.1) is 0 Å². The van der Waals surface area contributed by atoms with Crippen molar-refractivity contribution in [3.8, 4) is 5.75 Å². The number of benzene rings is 1. The van der Waals surface area contributed by atoms with Gasteiger partial charge in [-0.05, 0) is 25.1 Å². The highest BCUT2D eigenvalue weighted by Crippen LogP contribution is 2.27. The lowest BCUT2D eigenvalue weighted by molar-refractivity contribution is 0.338. The largest absolute Gasteiger partial charge is 0.493 e. The molecule has 0 spiro atoms. The Balaban J connectivity index is 3.08. The number of hydrogen-bond donors (Lipinski definition) is 0. The summed E-state index contributed by atoms with van der Waals surface area (Å²) < 4.78 is 18.4. The number of hydrogen-bond acceptors (Lipinski definition) is 1. The second kappa shape index (κ2) is 4.84. The van der Waals surface area contributed by atoms with Crippen LogP contribution in [0.2, 0.25) is 6.32 Å². The molecular formula is C11H14BFO. The van der Waals surface area contributed by atoms with Gasteiger partial charge in [0.15, 0.2) is 0 Å². The van der Waals surface area contributed by atoms with Gasteiger partial charge in [-0.3, -0.25) is 0 Å². The summed E-state index contributed by atoms with van der Waals surface area (Å²) in [6, 6.07) is 4.52. The molecule has 0 saturated heterocycles. The summed E-state index contributed by atoms with van der Waals surface area (Å²) in [4.78, 5) is 0. The zero-order valence-electron chi connectivity index (χ0n) is 8.64. The molecule has 0 aromatic heterocycles. The van der Waals surface area contributed by atoms with Crippen LogP contribution in [-0.4, -0.2) is 14.5 Å². The van der Waals surface area contributed by atoms with E-state index in [1.807, 2.05) is 14.8 Å². The van der Waals surface area contributed by atoms with Gasteiger partial charge in [0.1, 0.15) is 19.4 Å². The topological polar surface area (TPSA) is 9.23 Å². The monoisotopic (exact) mass is 192 g/mol. The van der Waals surface area contributed by atoms with Crippen LogP contribution in [-0.2, 0) is 0 Å². The maximum Gasteiger partial charge on any atom is 0.126 e. The molecule has 0 amide bonds. The van der Waals surface area contributed by atoms with Crippen molar-refractivity contribution in [3.05, 3.63) is 36.2 Å². The van der Waals surface area contributed by atoms with Gasteiger partial charge in [-0.25, -0.2) is 4.39 Å². The van der Waals surface area contributed by atoms with Crippen molar-refractivity contribution in [2.45, 2.75) is 13.2 Å². The van der Waals surface area contributed by atoms with E-state index in [1.165, 1.54) is 12.1 Å². The molecule has 0 aliphatic rings. The maximum absolute atomic E-state index is 13.0. The molecule has 1 aromatic carbocycles. The Kier molecular flexibility index (Phi) is 3.75. The Hall–Kier alpha value is -1.25. The minimum Gasteiger partial charge on any atom is -0.493 e. The highest BCUT2D eigenvalue weighted by Gasteiger charge is 2.06. The van der Waals surface area contributed by atoms with Crippen LogP contribution in [0.5, 0.6) is 5.75 Å². The van der Waals surface area contributed by atoms with Gasteiger partial charge in [-0.1, -0.05) is 18.5 Å². The van der Waals surface area contributed by atoms with E-state index in [9.17, 15) is 4.39 Å². The molecule has 1 aromatic rings. The van der Waals surface area contributed by atoms with Crippen molar-refractivity contribution in [1.29, 1.82) is 0 Å². The lowest BCUT2D eigenvalue weighted by Crippen LogP contribution is -1.96. The Morgan fingerprint density at radius 1 is 1.57 bits per heavy atom. The van der Waals surface area contributed by atoms with E-state index in [0.717, 1.165) is 17.5 Å². The third kappa shape index (κ3) is 2.38. The van der Waals surface area contributed by atoms with E-state index in [4.69, 9.17) is 4.74 Å². The van der Waals surface area contributed by atoms with Crippen molar-refractivity contribution in [2.75, 3.05) is 6.61 Å². The summed E-state index contributed by atoms with van der Waals surface area (Å²) >= 11 is 0. The summed E-state index contributed by atoms with van der Waals surface area (Å²) in [5, 5.41) is 0. The fourth-order valence-corrected chi connectivity index (χ4v) is 1.25. The first-order chi connectivity index (χ1) is 6.69. The van der Waals surface area contributed by atoms with Crippen molar-refractivity contribution in [3.63, 3.8) is 0 Å². The lowest BCUT2D eigenvalue weighted by Gasteiger charge is -2.11. The van der Waals surface area contributed by atoms with Crippen LogP contribution in [0.15, 0.2) is 24.8 Å². The Labute approximate surface area is 85.0 Å². The molecule has 0 heterocycles. The second-order valence-electron chi connectivity index (χ2n) is 3.03. The van der Waals surface area contributed by atoms with Gasteiger partial charge in [0.25, 0.3) is 0 Å². The van der Waals surface area contributed by atoms with E-state index in [0.29, 0.717) is 12.4 Å². The van der Waals surface area contributed by atoms with Gasteiger partial charge < -0.3 is 4.74 Å². The van der Waals surface area contributed by atoms with Gasteiger partial charge >= 0.3 is 0 Å². The molecule has 1 nitrogen and oxygen atoms in total. The number of halogens is 1. The Morgan fingerprint density at radius 2 is 2.29 bits per heavy atom. The summed E-state index contributed by atoms with van der Waals surface area (Å²) in [6.45, 7) is 6.36. The summed E-state index contributed by atoms with van der Waals surface area (Å²) in [5.41, 5.74) is 1.67. The predicted octanol–water partition coefficient (Wildman–Crippen LogP) is 2.29. The molecule has 0 N–H and O–H groups in total. The van der Waals surface area contributed by atoms with E-state index < -0.39 is 0 Å². The minimum absolute atomic E-state index is 0.252. The maximum atomic E-state index is 13.0. The first kappa shape index (κ1) is 10.8. The highest BCUT2D eigenvalue weighted by molar-refractivity contribution is 6.14. The second-order valence-corrected chi connectivity index (χ2v) is 3.03. The summed E-state index contributed by atoms with van der Waals surface area (Å²) in [5.74, 6) is 0.457. The first-order valence-electron chi connectivity index (χ1n) is 4.79. The van der Waals surface area contributed by atoms with Crippen molar-refractivity contribution < 1.29 is 9.13 Å². The molecule has 0 radical (unpaired) electrons. The average Bonchev–Trinajstić information content (AvgIpc) is 2.20. The molecule has 0 atom stereocenters. The fraction of sp³-hybridized carbons (Fsp3) is 0.273. The van der Waals surface area contributed by atoms with Crippen LogP contribution >= 0.6 is 0 Å². The van der Waals surface area contributed by atoms with Crippen molar-refractivity contribution >= 4 is 13.4 Å². The van der Waals surface area contributed by atoms with Crippen LogP contribution in [0, 0.1) is 5.82 Å². The van der Waals surface area contributed by atoms with Crippen LogP contribution < -0.4 is 4.74 Å². The van der Waals surface area contributed by atoms with Gasteiger partial charge in [0.05, 0.1) is 6.61 Å². The van der Waals surface area contributed by atoms with E-state index >= 15 is 0 Å². The van der Waals surface area contributed by atoms with Crippen LogP contribution in [0.3, 0.4) is 0 Å². The van der Waals surface area contributed by atoms with Crippen molar-refractivity contribution in [1.82, 2.24) is 0 Å². The molecule has 1 rings (SSSR count). The third-order valence-corrected chi connectivity index (χ3v) is 2.05.